The smallest absolute Gasteiger partial charge is 0.334 e. The molecule has 1 atom stereocenters. The van der Waals surface area contributed by atoms with Crippen molar-refractivity contribution in [2.75, 3.05) is 39.5 Å². The number of thiophene rings is 1. The first-order valence-electron chi connectivity index (χ1n) is 22.6. The van der Waals surface area contributed by atoms with Gasteiger partial charge in [-0.1, -0.05) is 93.7 Å². The normalized spacial score (nSPS) is 14.4. The molecule has 5 rings (SSSR count). The van der Waals surface area contributed by atoms with Crippen molar-refractivity contribution in [3.05, 3.63) is 151 Å². The van der Waals surface area contributed by atoms with Crippen molar-refractivity contribution < 1.29 is 33.7 Å². The summed E-state index contributed by atoms with van der Waals surface area (Å²) in [4.78, 5) is 43.4. The number of carbonyl (C=O) groups excluding carboxylic acids is 3. The Labute approximate surface area is 383 Å². The number of hydrogen-bond donors (Lipinski definition) is 2. The Balaban J connectivity index is 1.08. The van der Waals surface area contributed by atoms with Gasteiger partial charge in [0.1, 0.15) is 29.9 Å². The van der Waals surface area contributed by atoms with E-state index in [2.05, 4.69) is 77.9 Å². The van der Waals surface area contributed by atoms with Crippen molar-refractivity contribution in [1.29, 1.82) is 0 Å². The first kappa shape index (κ1) is 49.2. The molecule has 9 nitrogen and oxygen atoms in total. The molecule has 10 heteroatoms. The summed E-state index contributed by atoms with van der Waals surface area (Å²) >= 11 is 1.41. The number of nitrogens with one attached hydrogen (secondary N) is 1. The molecule has 0 aliphatic carbocycles. The Hall–Kier alpha value is -5.81. The predicted molar refractivity (Wildman–Crippen MR) is 261 cm³/mol. The molecule has 0 bridgehead atoms. The minimum absolute atomic E-state index is 0.112. The Bertz CT molecular complexity index is 2260. The number of amides is 1. The van der Waals surface area contributed by atoms with Gasteiger partial charge in [0.25, 0.3) is 0 Å². The zero-order valence-corrected chi connectivity index (χ0v) is 38.4. The summed E-state index contributed by atoms with van der Waals surface area (Å²) < 4.78 is 17.9. The summed E-state index contributed by atoms with van der Waals surface area (Å²) in [5.74, 6) is 0.00860. The number of benzene rings is 3. The lowest BCUT2D eigenvalue weighted by atomic mass is 9.97. The van der Waals surface area contributed by atoms with Gasteiger partial charge in [-0.25, -0.2) is 4.79 Å². The number of esters is 1. The molecule has 1 aliphatic rings. The Morgan fingerprint density at radius 2 is 1.34 bits per heavy atom. The Morgan fingerprint density at radius 3 is 1.94 bits per heavy atom. The largest absolute Gasteiger partial charge is 0.508 e. The molecule has 338 valence electrons. The van der Waals surface area contributed by atoms with Crippen LogP contribution in [-0.4, -0.2) is 73.2 Å². The van der Waals surface area contributed by atoms with Crippen LogP contribution in [0.1, 0.15) is 88.1 Å². The second kappa shape index (κ2) is 27.4. The highest BCUT2D eigenvalue weighted by molar-refractivity contribution is 7.22. The maximum Gasteiger partial charge on any atom is 0.334 e. The molecule has 0 radical (unpaired) electrons. The lowest BCUT2D eigenvalue weighted by molar-refractivity contribution is -0.140. The predicted octanol–water partition coefficient (Wildman–Crippen LogP) is 11.7. The van der Waals surface area contributed by atoms with Gasteiger partial charge in [-0.15, -0.1) is 11.3 Å². The number of ketones is 1. The molecule has 0 saturated carbocycles. The molecule has 2 heterocycles. The summed E-state index contributed by atoms with van der Waals surface area (Å²) in [5, 5.41) is 13.9. The number of allylic oxidation sites excluding steroid dienone is 12. The first-order chi connectivity index (χ1) is 31.2. The van der Waals surface area contributed by atoms with Crippen LogP contribution in [0.3, 0.4) is 0 Å². The third-order valence-electron chi connectivity index (χ3n) is 10.5. The fourth-order valence-corrected chi connectivity index (χ4v) is 8.17. The van der Waals surface area contributed by atoms with Crippen LogP contribution in [0.4, 0.5) is 0 Å². The van der Waals surface area contributed by atoms with E-state index in [9.17, 15) is 19.5 Å². The van der Waals surface area contributed by atoms with Crippen LogP contribution in [0, 0.1) is 5.92 Å². The van der Waals surface area contributed by atoms with Crippen LogP contribution in [0.5, 0.6) is 17.2 Å². The fourth-order valence-electron chi connectivity index (χ4n) is 6.93. The minimum Gasteiger partial charge on any atom is -0.508 e. The summed E-state index contributed by atoms with van der Waals surface area (Å²) in [7, 11) is 0. The van der Waals surface area contributed by atoms with E-state index in [0.29, 0.717) is 35.7 Å². The quantitative estimate of drug-likeness (QED) is 0.0293. The highest BCUT2D eigenvalue weighted by atomic mass is 32.1. The van der Waals surface area contributed by atoms with Gasteiger partial charge in [-0.3, -0.25) is 14.5 Å². The van der Waals surface area contributed by atoms with E-state index < -0.39 is 12.0 Å². The number of ether oxygens (including phenoxy) is 3. The maximum atomic E-state index is 14.2. The molecule has 4 aromatic rings. The van der Waals surface area contributed by atoms with Crippen LogP contribution < -0.4 is 14.8 Å². The molecule has 1 aromatic heterocycles. The molecule has 1 aliphatic heterocycles. The number of hydrogen-bond acceptors (Lipinski definition) is 9. The van der Waals surface area contributed by atoms with Crippen molar-refractivity contribution in [3.8, 4) is 27.7 Å². The van der Waals surface area contributed by atoms with E-state index in [-0.39, 0.29) is 29.8 Å². The fraction of sp³-hybridized carbons (Fsp3) is 0.352. The van der Waals surface area contributed by atoms with Gasteiger partial charge < -0.3 is 24.6 Å². The lowest BCUT2D eigenvalue weighted by Crippen LogP contribution is -2.46. The van der Waals surface area contributed by atoms with Gasteiger partial charge >= 0.3 is 5.97 Å². The van der Waals surface area contributed by atoms with E-state index in [1.54, 1.807) is 42.5 Å². The number of phenols is 1. The van der Waals surface area contributed by atoms with Crippen LogP contribution in [0.2, 0.25) is 0 Å². The SMILES string of the molecule is CC/C=C\C/C=C\C/C=C\C/C=C\C/C=C\C/C=C\CCC(=O)N[C@H](C(=O)Oc1ccc(-c2sc3cc(O)ccc3c2C(=O)c2ccc(OCCN3CCOCC3)cc2)cc1)C(C)C. The Kier molecular flexibility index (Phi) is 21.1. The van der Waals surface area contributed by atoms with Crippen LogP contribution in [0.25, 0.3) is 20.5 Å². The van der Waals surface area contributed by atoms with Crippen molar-refractivity contribution in [2.45, 2.75) is 78.2 Å². The van der Waals surface area contributed by atoms with E-state index >= 15 is 0 Å². The Morgan fingerprint density at radius 1 is 0.766 bits per heavy atom. The van der Waals surface area contributed by atoms with Gasteiger partial charge in [0.15, 0.2) is 5.78 Å². The number of fused-ring (bicyclic) bond motifs is 1. The van der Waals surface area contributed by atoms with Crippen molar-refractivity contribution in [2.24, 2.45) is 5.92 Å². The van der Waals surface area contributed by atoms with E-state index in [1.807, 2.05) is 50.3 Å². The highest BCUT2D eigenvalue weighted by Gasteiger charge is 2.27. The number of aromatic hydroxyl groups is 1. The van der Waals surface area contributed by atoms with Gasteiger partial charge in [0.05, 0.1) is 13.2 Å². The molecular weight excluding hydrogens is 821 g/mol. The van der Waals surface area contributed by atoms with Gasteiger partial charge in [0, 0.05) is 52.1 Å². The molecule has 3 aromatic carbocycles. The number of nitrogens with zero attached hydrogens (tertiary/aromatic N) is 1. The van der Waals surface area contributed by atoms with Crippen molar-refractivity contribution in [3.63, 3.8) is 0 Å². The molecule has 0 spiro atoms. The average Bonchev–Trinajstić information content (AvgIpc) is 3.68. The van der Waals surface area contributed by atoms with Crippen molar-refractivity contribution in [1.82, 2.24) is 10.2 Å². The van der Waals surface area contributed by atoms with Crippen LogP contribution in [0.15, 0.2) is 140 Å². The number of rotatable bonds is 25. The van der Waals surface area contributed by atoms with Gasteiger partial charge in [0.2, 0.25) is 5.91 Å². The second-order valence-electron chi connectivity index (χ2n) is 15.8. The van der Waals surface area contributed by atoms with Crippen molar-refractivity contribution >= 4 is 39.1 Å². The standard InChI is InChI=1S/C54H64N2O7S/c1-4-5-6-7-8-9-10-11-12-13-14-15-16-17-18-19-20-21-22-23-49(58)55-51(41(2)3)54(60)63-46-31-26-43(27-32-46)53-50(47-33-28-44(57)40-48(47)64-53)52(59)42-24-29-45(30-25-42)62-39-36-56-34-37-61-38-35-56/h5-6,8-9,11-12,14-15,17-18,20-21,24-33,40-41,51,57H,4,7,10,13,16,19,22-23,34-39H2,1-3H3,(H,55,58)/b6-5-,9-8-,12-11-,15-14-,18-17-,21-20-/t51-/m0/s1. The molecule has 1 fully saturated rings. The summed E-state index contributed by atoms with van der Waals surface area (Å²) in [6.07, 6.45) is 32.2. The maximum absolute atomic E-state index is 14.2. The summed E-state index contributed by atoms with van der Waals surface area (Å²) in [5.41, 5.74) is 1.80. The average molecular weight is 885 g/mol. The molecule has 64 heavy (non-hydrogen) atoms. The molecule has 0 unspecified atom stereocenters. The zero-order valence-electron chi connectivity index (χ0n) is 37.6. The van der Waals surface area contributed by atoms with Crippen LogP contribution >= 0.6 is 11.3 Å². The number of morpholine rings is 1. The monoisotopic (exact) mass is 884 g/mol. The molecule has 1 amide bonds. The first-order valence-corrected chi connectivity index (χ1v) is 23.4. The van der Waals surface area contributed by atoms with E-state index in [4.69, 9.17) is 14.2 Å². The summed E-state index contributed by atoms with van der Waals surface area (Å²) in [6, 6.07) is 18.4. The van der Waals surface area contributed by atoms with E-state index in [0.717, 1.165) is 91.9 Å². The highest BCUT2D eigenvalue weighted by Crippen LogP contribution is 2.41. The van der Waals surface area contributed by atoms with Crippen LogP contribution in [-0.2, 0) is 14.3 Å². The molecule has 2 N–H and O–H groups in total. The lowest BCUT2D eigenvalue weighted by Gasteiger charge is -2.26. The molecule has 1 saturated heterocycles. The minimum atomic E-state index is -0.821. The van der Waals surface area contributed by atoms with Gasteiger partial charge in [-0.2, -0.15) is 0 Å². The number of carbonyl (C=O) groups is 3. The summed E-state index contributed by atoms with van der Waals surface area (Å²) in [6.45, 7) is 10.5. The van der Waals surface area contributed by atoms with E-state index in [1.165, 1.54) is 11.3 Å². The third kappa shape index (κ3) is 16.4. The molecular formula is C54H64N2O7S. The number of phenolic OH excluding ortho intramolecular Hbond substituents is 1. The zero-order chi connectivity index (χ0) is 45.4. The second-order valence-corrected chi connectivity index (χ2v) is 16.9. The third-order valence-corrected chi connectivity index (χ3v) is 11.7. The topological polar surface area (TPSA) is 114 Å². The van der Waals surface area contributed by atoms with Gasteiger partial charge in [-0.05, 0) is 123 Å².